The molecule has 3 heteroatoms. The summed E-state index contributed by atoms with van der Waals surface area (Å²) in [5.41, 5.74) is 1.34. The van der Waals surface area contributed by atoms with Gasteiger partial charge in [-0.15, -0.1) is 0 Å². The van der Waals surface area contributed by atoms with Gasteiger partial charge in [0.2, 0.25) is 0 Å². The average Bonchev–Trinajstić information content (AvgIpc) is 2.34. The summed E-state index contributed by atoms with van der Waals surface area (Å²) in [5.74, 6) is 1.56. The van der Waals surface area contributed by atoms with Crippen LogP contribution in [0.5, 0.6) is 5.75 Å². The van der Waals surface area contributed by atoms with E-state index in [0.29, 0.717) is 5.92 Å². The van der Waals surface area contributed by atoms with Crippen LogP contribution in [0.2, 0.25) is 0 Å². The lowest BCUT2D eigenvalue weighted by Crippen LogP contribution is -2.27. The largest absolute Gasteiger partial charge is 0.489 e. The number of hydrogen-bond acceptors (Lipinski definition) is 3. The molecular formula is C17H30N2O. The number of ether oxygens (including phenoxy) is 1. The molecule has 0 saturated carbocycles. The maximum Gasteiger partial charge on any atom is 0.138 e. The zero-order valence-corrected chi connectivity index (χ0v) is 13.9. The van der Waals surface area contributed by atoms with Crippen molar-refractivity contribution in [3.63, 3.8) is 0 Å². The van der Waals surface area contributed by atoms with Crippen LogP contribution in [0.15, 0.2) is 18.5 Å². The molecular weight excluding hydrogens is 248 g/mol. The summed E-state index contributed by atoms with van der Waals surface area (Å²) in [6.45, 7) is 15.2. The van der Waals surface area contributed by atoms with Crippen LogP contribution in [0.3, 0.4) is 0 Å². The second-order valence-electron chi connectivity index (χ2n) is 6.81. The van der Waals surface area contributed by atoms with Gasteiger partial charge in [-0.25, -0.2) is 0 Å². The summed E-state index contributed by atoms with van der Waals surface area (Å²) in [6, 6.07) is 2.12. The molecule has 0 atom stereocenters. The fourth-order valence-electron chi connectivity index (χ4n) is 2.06. The first kappa shape index (κ1) is 17.0. The Balaban J connectivity index is 2.61. The SMILES string of the molecule is CC(C)CNCCC(C)(C)c1cncc(OC(C)C)c1. The van der Waals surface area contributed by atoms with Crippen LogP contribution in [-0.2, 0) is 5.41 Å². The van der Waals surface area contributed by atoms with Crippen LogP contribution in [0.4, 0.5) is 0 Å². The number of pyridine rings is 1. The highest BCUT2D eigenvalue weighted by Crippen LogP contribution is 2.28. The fourth-order valence-corrected chi connectivity index (χ4v) is 2.06. The predicted octanol–water partition coefficient (Wildman–Crippen LogP) is 3.78. The predicted molar refractivity (Wildman–Crippen MR) is 85.4 cm³/mol. The van der Waals surface area contributed by atoms with Gasteiger partial charge < -0.3 is 10.1 Å². The number of nitrogens with zero attached hydrogens (tertiary/aromatic N) is 1. The minimum Gasteiger partial charge on any atom is -0.489 e. The molecule has 0 aliphatic carbocycles. The molecule has 0 unspecified atom stereocenters. The summed E-state index contributed by atoms with van der Waals surface area (Å²) < 4.78 is 5.73. The monoisotopic (exact) mass is 278 g/mol. The minimum absolute atomic E-state index is 0.104. The quantitative estimate of drug-likeness (QED) is 0.735. The summed E-state index contributed by atoms with van der Waals surface area (Å²) in [7, 11) is 0. The normalized spacial score (nSPS) is 12.2. The van der Waals surface area contributed by atoms with E-state index in [2.05, 4.69) is 44.1 Å². The molecule has 0 spiro atoms. The maximum absolute atomic E-state index is 5.73. The van der Waals surface area contributed by atoms with Crippen molar-refractivity contribution >= 4 is 0 Å². The molecule has 1 aromatic heterocycles. The van der Waals surface area contributed by atoms with Gasteiger partial charge >= 0.3 is 0 Å². The molecule has 3 nitrogen and oxygen atoms in total. The molecule has 0 aliphatic rings. The van der Waals surface area contributed by atoms with Gasteiger partial charge in [0.05, 0.1) is 12.3 Å². The van der Waals surface area contributed by atoms with E-state index >= 15 is 0 Å². The molecule has 0 radical (unpaired) electrons. The highest BCUT2D eigenvalue weighted by Gasteiger charge is 2.21. The Labute approximate surface area is 124 Å². The smallest absolute Gasteiger partial charge is 0.138 e. The van der Waals surface area contributed by atoms with Gasteiger partial charge in [-0.2, -0.15) is 0 Å². The Hall–Kier alpha value is -1.09. The minimum atomic E-state index is 0.104. The molecule has 0 aliphatic heterocycles. The second-order valence-corrected chi connectivity index (χ2v) is 6.81. The molecule has 0 fully saturated rings. The standard InChI is InChI=1S/C17H30N2O/c1-13(2)10-18-8-7-17(5,6)15-9-16(12-19-11-15)20-14(3)4/h9,11-14,18H,7-8,10H2,1-6H3. The Morgan fingerprint density at radius 1 is 1.20 bits per heavy atom. The van der Waals surface area contributed by atoms with Crippen molar-refractivity contribution < 1.29 is 4.74 Å². The van der Waals surface area contributed by atoms with Gasteiger partial charge in [0, 0.05) is 6.20 Å². The lowest BCUT2D eigenvalue weighted by molar-refractivity contribution is 0.240. The highest BCUT2D eigenvalue weighted by molar-refractivity contribution is 5.29. The van der Waals surface area contributed by atoms with Crippen LogP contribution < -0.4 is 10.1 Å². The van der Waals surface area contributed by atoms with E-state index in [1.54, 1.807) is 6.20 Å². The summed E-state index contributed by atoms with van der Waals surface area (Å²) in [6.07, 6.45) is 5.02. The molecule has 0 saturated heterocycles. The number of hydrogen-bond donors (Lipinski definition) is 1. The summed E-state index contributed by atoms with van der Waals surface area (Å²) in [4.78, 5) is 4.32. The lowest BCUT2D eigenvalue weighted by Gasteiger charge is -2.26. The second kappa shape index (κ2) is 7.63. The molecule has 0 amide bonds. The van der Waals surface area contributed by atoms with Crippen molar-refractivity contribution in [2.75, 3.05) is 13.1 Å². The van der Waals surface area contributed by atoms with Gasteiger partial charge in [-0.1, -0.05) is 27.7 Å². The van der Waals surface area contributed by atoms with Gasteiger partial charge in [0.15, 0.2) is 0 Å². The molecule has 20 heavy (non-hydrogen) atoms. The van der Waals surface area contributed by atoms with Gasteiger partial charge in [0.1, 0.15) is 5.75 Å². The van der Waals surface area contributed by atoms with Gasteiger partial charge in [-0.05, 0) is 56.3 Å². The highest BCUT2D eigenvalue weighted by atomic mass is 16.5. The van der Waals surface area contributed by atoms with Crippen molar-refractivity contribution in [3.8, 4) is 5.75 Å². The number of nitrogens with one attached hydrogen (secondary N) is 1. The first-order chi connectivity index (χ1) is 9.31. The third-order valence-electron chi connectivity index (χ3n) is 3.35. The van der Waals surface area contributed by atoms with E-state index in [9.17, 15) is 0 Å². The Morgan fingerprint density at radius 2 is 1.90 bits per heavy atom. The third-order valence-corrected chi connectivity index (χ3v) is 3.35. The molecule has 1 aromatic rings. The van der Waals surface area contributed by atoms with E-state index in [1.165, 1.54) is 5.56 Å². The lowest BCUT2D eigenvalue weighted by atomic mass is 9.82. The van der Waals surface area contributed by atoms with Gasteiger partial charge in [-0.3, -0.25) is 4.98 Å². The Kier molecular flexibility index (Phi) is 6.47. The molecule has 0 aromatic carbocycles. The van der Waals surface area contributed by atoms with E-state index in [1.807, 2.05) is 20.0 Å². The van der Waals surface area contributed by atoms with E-state index in [0.717, 1.165) is 25.3 Å². The van der Waals surface area contributed by atoms with E-state index in [-0.39, 0.29) is 11.5 Å². The molecule has 1 rings (SSSR count). The molecule has 1 heterocycles. The van der Waals surface area contributed by atoms with Crippen molar-refractivity contribution in [1.82, 2.24) is 10.3 Å². The first-order valence-corrected chi connectivity index (χ1v) is 7.64. The number of aromatic nitrogens is 1. The molecule has 1 N–H and O–H groups in total. The average molecular weight is 278 g/mol. The Morgan fingerprint density at radius 3 is 2.50 bits per heavy atom. The molecule has 0 bridgehead atoms. The van der Waals surface area contributed by atoms with E-state index in [4.69, 9.17) is 4.74 Å². The zero-order valence-electron chi connectivity index (χ0n) is 13.9. The summed E-state index contributed by atoms with van der Waals surface area (Å²) >= 11 is 0. The van der Waals surface area contributed by atoms with Crippen molar-refractivity contribution in [2.45, 2.75) is 59.5 Å². The zero-order chi connectivity index (χ0) is 15.2. The molecule has 114 valence electrons. The maximum atomic E-state index is 5.73. The summed E-state index contributed by atoms with van der Waals surface area (Å²) in [5, 5.41) is 3.51. The first-order valence-electron chi connectivity index (χ1n) is 7.64. The van der Waals surface area contributed by atoms with Crippen molar-refractivity contribution in [3.05, 3.63) is 24.0 Å². The van der Waals surface area contributed by atoms with Crippen LogP contribution in [0.1, 0.15) is 53.5 Å². The van der Waals surface area contributed by atoms with Crippen LogP contribution >= 0.6 is 0 Å². The Bertz CT molecular complexity index is 400. The topological polar surface area (TPSA) is 34.2 Å². The van der Waals surface area contributed by atoms with Crippen molar-refractivity contribution in [1.29, 1.82) is 0 Å². The van der Waals surface area contributed by atoms with Crippen LogP contribution in [0.25, 0.3) is 0 Å². The van der Waals surface area contributed by atoms with Crippen molar-refractivity contribution in [2.24, 2.45) is 5.92 Å². The van der Waals surface area contributed by atoms with Crippen LogP contribution in [-0.4, -0.2) is 24.2 Å². The third kappa shape index (κ3) is 5.91. The van der Waals surface area contributed by atoms with Gasteiger partial charge in [0.25, 0.3) is 0 Å². The van der Waals surface area contributed by atoms with E-state index < -0.39 is 0 Å². The number of rotatable bonds is 8. The fraction of sp³-hybridized carbons (Fsp3) is 0.706. The van der Waals surface area contributed by atoms with Crippen LogP contribution in [0, 0.1) is 5.92 Å².